The number of fused-ring (bicyclic) bond motifs is 1. The summed E-state index contributed by atoms with van der Waals surface area (Å²) in [5.74, 6) is 0. The number of piperidine rings is 1. The second-order valence-electron chi connectivity index (χ2n) is 4.03. The van der Waals surface area contributed by atoms with Crippen LogP contribution in [0.2, 0.25) is 0 Å². The van der Waals surface area contributed by atoms with Gasteiger partial charge < -0.3 is 4.74 Å². The van der Waals surface area contributed by atoms with Crippen LogP contribution in [0.5, 0.6) is 0 Å². The lowest BCUT2D eigenvalue weighted by molar-refractivity contribution is -0.130. The molecule has 0 saturated carbocycles. The maximum absolute atomic E-state index is 5.74. The van der Waals surface area contributed by atoms with Crippen LogP contribution in [0.15, 0.2) is 12.7 Å². The van der Waals surface area contributed by atoms with Gasteiger partial charge in [-0.1, -0.05) is 12.5 Å². The molecule has 0 radical (unpaired) electrons. The van der Waals surface area contributed by atoms with Crippen LogP contribution >= 0.6 is 0 Å². The molecule has 0 amide bonds. The Morgan fingerprint density at radius 3 is 3.15 bits per heavy atom. The number of rotatable bonds is 2. The van der Waals surface area contributed by atoms with E-state index in [4.69, 9.17) is 4.74 Å². The van der Waals surface area contributed by atoms with Crippen LogP contribution in [0, 0.1) is 0 Å². The zero-order chi connectivity index (χ0) is 9.10. The highest BCUT2D eigenvalue weighted by molar-refractivity contribution is 4.85. The lowest BCUT2D eigenvalue weighted by Crippen LogP contribution is -2.51. The molecule has 2 unspecified atom stereocenters. The lowest BCUT2D eigenvalue weighted by Gasteiger charge is -2.44. The van der Waals surface area contributed by atoms with Crippen molar-refractivity contribution in [3.63, 3.8) is 0 Å². The van der Waals surface area contributed by atoms with E-state index in [2.05, 4.69) is 11.5 Å². The van der Waals surface area contributed by atoms with Gasteiger partial charge in [0.25, 0.3) is 0 Å². The number of hydrogen-bond acceptors (Lipinski definition) is 2. The van der Waals surface area contributed by atoms with Crippen LogP contribution < -0.4 is 0 Å². The average molecular weight is 181 g/mol. The molecule has 2 aliphatic rings. The van der Waals surface area contributed by atoms with Crippen LogP contribution in [0.25, 0.3) is 0 Å². The van der Waals surface area contributed by atoms with Gasteiger partial charge in [0, 0.05) is 19.0 Å². The predicted octanol–water partition coefficient (Wildman–Crippen LogP) is 2.16. The van der Waals surface area contributed by atoms with Gasteiger partial charge >= 0.3 is 0 Å². The third-order valence-electron chi connectivity index (χ3n) is 3.17. The summed E-state index contributed by atoms with van der Waals surface area (Å²) in [6.45, 7) is 5.96. The maximum atomic E-state index is 5.74. The van der Waals surface area contributed by atoms with Crippen molar-refractivity contribution in [3.8, 4) is 0 Å². The first-order chi connectivity index (χ1) is 6.42. The summed E-state index contributed by atoms with van der Waals surface area (Å²) in [5, 5.41) is 0. The van der Waals surface area contributed by atoms with E-state index in [0.29, 0.717) is 6.23 Å². The highest BCUT2D eigenvalue weighted by Gasteiger charge is 2.31. The topological polar surface area (TPSA) is 12.5 Å². The largest absolute Gasteiger partial charge is 0.363 e. The highest BCUT2D eigenvalue weighted by atomic mass is 16.5. The summed E-state index contributed by atoms with van der Waals surface area (Å²) in [4.78, 5) is 2.54. The first-order valence-electron chi connectivity index (χ1n) is 5.40. The SMILES string of the molecule is C=CCC1OCCC2CCCCN21. The van der Waals surface area contributed by atoms with E-state index in [1.54, 1.807) is 0 Å². The van der Waals surface area contributed by atoms with Gasteiger partial charge in [0.15, 0.2) is 0 Å². The second-order valence-corrected chi connectivity index (χ2v) is 4.03. The molecule has 0 aromatic heterocycles. The van der Waals surface area contributed by atoms with Crippen molar-refractivity contribution in [2.45, 2.75) is 44.4 Å². The van der Waals surface area contributed by atoms with Gasteiger partial charge in [-0.05, 0) is 19.3 Å². The fraction of sp³-hybridized carbons (Fsp3) is 0.818. The van der Waals surface area contributed by atoms with E-state index in [0.717, 1.165) is 19.1 Å². The van der Waals surface area contributed by atoms with Crippen molar-refractivity contribution < 1.29 is 4.74 Å². The summed E-state index contributed by atoms with van der Waals surface area (Å²) in [6.07, 6.45) is 8.63. The summed E-state index contributed by atoms with van der Waals surface area (Å²) < 4.78 is 5.74. The smallest absolute Gasteiger partial charge is 0.114 e. The number of ether oxygens (including phenoxy) is 1. The number of hydrogen-bond donors (Lipinski definition) is 0. The van der Waals surface area contributed by atoms with Crippen LogP contribution in [0.4, 0.5) is 0 Å². The Hall–Kier alpha value is -0.340. The van der Waals surface area contributed by atoms with Gasteiger partial charge in [0.1, 0.15) is 6.23 Å². The Labute approximate surface area is 80.6 Å². The predicted molar refractivity (Wildman–Crippen MR) is 53.5 cm³/mol. The molecule has 2 nitrogen and oxygen atoms in total. The Morgan fingerprint density at radius 2 is 2.31 bits per heavy atom. The van der Waals surface area contributed by atoms with Crippen molar-refractivity contribution in [3.05, 3.63) is 12.7 Å². The second kappa shape index (κ2) is 4.25. The van der Waals surface area contributed by atoms with Gasteiger partial charge in [-0.2, -0.15) is 0 Å². The number of nitrogens with zero attached hydrogens (tertiary/aromatic N) is 1. The van der Waals surface area contributed by atoms with Gasteiger partial charge in [-0.15, -0.1) is 6.58 Å². The van der Waals surface area contributed by atoms with Gasteiger partial charge in [-0.25, -0.2) is 0 Å². The molecule has 2 fully saturated rings. The minimum atomic E-state index is 0.330. The van der Waals surface area contributed by atoms with Gasteiger partial charge in [0.05, 0.1) is 6.61 Å². The van der Waals surface area contributed by atoms with E-state index in [9.17, 15) is 0 Å². The average Bonchev–Trinajstić information content (AvgIpc) is 2.19. The van der Waals surface area contributed by atoms with E-state index < -0.39 is 0 Å². The minimum Gasteiger partial charge on any atom is -0.363 e. The molecule has 13 heavy (non-hydrogen) atoms. The molecule has 2 heteroatoms. The molecule has 2 rings (SSSR count). The van der Waals surface area contributed by atoms with Crippen molar-refractivity contribution in [2.75, 3.05) is 13.2 Å². The molecule has 2 atom stereocenters. The van der Waals surface area contributed by atoms with Crippen LogP contribution in [0.1, 0.15) is 32.1 Å². The summed E-state index contributed by atoms with van der Waals surface area (Å²) in [7, 11) is 0. The Kier molecular flexibility index (Phi) is 3.01. The van der Waals surface area contributed by atoms with E-state index >= 15 is 0 Å². The molecular formula is C11H19NO. The molecule has 0 aromatic rings. The molecule has 0 bridgehead atoms. The molecule has 2 heterocycles. The molecule has 2 saturated heterocycles. The Morgan fingerprint density at radius 1 is 1.38 bits per heavy atom. The normalized spacial score (nSPS) is 35.4. The Balaban J connectivity index is 1.98. The first-order valence-corrected chi connectivity index (χ1v) is 5.40. The van der Waals surface area contributed by atoms with Crippen molar-refractivity contribution >= 4 is 0 Å². The minimum absolute atomic E-state index is 0.330. The molecular weight excluding hydrogens is 162 g/mol. The summed E-state index contributed by atoms with van der Waals surface area (Å²) in [6, 6.07) is 0.799. The van der Waals surface area contributed by atoms with Gasteiger partial charge in [-0.3, -0.25) is 4.90 Å². The van der Waals surface area contributed by atoms with E-state index in [-0.39, 0.29) is 0 Å². The molecule has 2 aliphatic heterocycles. The van der Waals surface area contributed by atoms with Crippen molar-refractivity contribution in [1.29, 1.82) is 0 Å². The van der Waals surface area contributed by atoms with Crippen molar-refractivity contribution in [1.82, 2.24) is 4.90 Å². The standard InChI is InChI=1S/C11H19NO/c1-2-5-11-12-8-4-3-6-10(12)7-9-13-11/h2,10-11H,1,3-9H2. The van der Waals surface area contributed by atoms with Crippen LogP contribution in [0.3, 0.4) is 0 Å². The maximum Gasteiger partial charge on any atom is 0.114 e. The van der Waals surface area contributed by atoms with Crippen LogP contribution in [-0.2, 0) is 4.74 Å². The lowest BCUT2D eigenvalue weighted by atomic mass is 9.97. The van der Waals surface area contributed by atoms with Crippen molar-refractivity contribution in [2.24, 2.45) is 0 Å². The van der Waals surface area contributed by atoms with E-state index in [1.807, 2.05) is 6.08 Å². The first kappa shape index (κ1) is 9.22. The molecule has 74 valence electrons. The van der Waals surface area contributed by atoms with Gasteiger partial charge in [0.2, 0.25) is 0 Å². The fourth-order valence-corrected chi connectivity index (χ4v) is 2.49. The molecule has 0 spiro atoms. The molecule has 0 N–H and O–H groups in total. The zero-order valence-corrected chi connectivity index (χ0v) is 8.24. The van der Waals surface area contributed by atoms with Crippen LogP contribution in [-0.4, -0.2) is 30.3 Å². The molecule has 0 aliphatic carbocycles. The third kappa shape index (κ3) is 1.94. The quantitative estimate of drug-likeness (QED) is 0.605. The summed E-state index contributed by atoms with van der Waals surface area (Å²) >= 11 is 0. The van der Waals surface area contributed by atoms with E-state index in [1.165, 1.54) is 32.2 Å². The fourth-order valence-electron chi connectivity index (χ4n) is 2.49. The monoisotopic (exact) mass is 181 g/mol. The summed E-state index contributed by atoms with van der Waals surface area (Å²) in [5.41, 5.74) is 0. The molecule has 0 aromatic carbocycles. The Bertz CT molecular complexity index is 179. The highest BCUT2D eigenvalue weighted by Crippen LogP contribution is 2.27. The zero-order valence-electron chi connectivity index (χ0n) is 8.24. The third-order valence-corrected chi connectivity index (χ3v) is 3.17.